The van der Waals surface area contributed by atoms with Gasteiger partial charge in [-0.25, -0.2) is 20.2 Å². The Bertz CT molecular complexity index is 475. The van der Waals surface area contributed by atoms with Crippen LogP contribution in [0, 0.1) is 5.82 Å². The Hall–Kier alpha value is -1.66. The van der Waals surface area contributed by atoms with E-state index < -0.39 is 0 Å². The van der Waals surface area contributed by atoms with Gasteiger partial charge in [-0.1, -0.05) is 11.8 Å². The zero-order valence-corrected chi connectivity index (χ0v) is 9.04. The molecule has 0 aliphatic heterocycles. The minimum Gasteiger partial charge on any atom is -0.308 e. The van der Waals surface area contributed by atoms with E-state index >= 15 is 0 Å². The van der Waals surface area contributed by atoms with Gasteiger partial charge in [0.2, 0.25) is 0 Å². The van der Waals surface area contributed by atoms with Gasteiger partial charge in [0.15, 0.2) is 0 Å². The van der Waals surface area contributed by atoms with Gasteiger partial charge in [0.05, 0.1) is 0 Å². The summed E-state index contributed by atoms with van der Waals surface area (Å²) in [5.74, 6) is 5.52. The number of nitrogen functional groups attached to an aromatic ring is 1. The minimum absolute atomic E-state index is 0.253. The third-order valence-corrected chi connectivity index (χ3v) is 2.77. The van der Waals surface area contributed by atoms with Crippen LogP contribution in [-0.4, -0.2) is 9.97 Å². The number of nitrogens with two attached hydrogens (primary N) is 1. The molecule has 0 saturated heterocycles. The summed E-state index contributed by atoms with van der Waals surface area (Å²) >= 11 is 1.41. The van der Waals surface area contributed by atoms with Crippen molar-refractivity contribution < 1.29 is 4.39 Å². The Morgan fingerprint density at radius 2 is 1.94 bits per heavy atom. The van der Waals surface area contributed by atoms with Gasteiger partial charge in [-0.15, -0.1) is 0 Å². The highest BCUT2D eigenvalue weighted by atomic mass is 32.2. The van der Waals surface area contributed by atoms with E-state index in [1.165, 1.54) is 30.2 Å². The number of hydrogen-bond acceptors (Lipinski definition) is 5. The zero-order chi connectivity index (χ0) is 11.4. The summed E-state index contributed by atoms with van der Waals surface area (Å²) in [6.45, 7) is 0. The highest BCUT2D eigenvalue weighted by Gasteiger charge is 2.00. The molecule has 0 unspecified atom stereocenters. The number of hydrazine groups is 1. The van der Waals surface area contributed by atoms with Crippen LogP contribution < -0.4 is 11.3 Å². The van der Waals surface area contributed by atoms with E-state index in [2.05, 4.69) is 15.4 Å². The van der Waals surface area contributed by atoms with Crippen molar-refractivity contribution in [3.05, 3.63) is 42.5 Å². The molecule has 0 fully saturated rings. The Morgan fingerprint density at radius 3 is 2.62 bits per heavy atom. The Labute approximate surface area is 96.1 Å². The molecule has 3 N–H and O–H groups in total. The lowest BCUT2D eigenvalue weighted by molar-refractivity contribution is 0.626. The fourth-order valence-corrected chi connectivity index (χ4v) is 1.88. The van der Waals surface area contributed by atoms with Gasteiger partial charge >= 0.3 is 0 Å². The first-order valence-electron chi connectivity index (χ1n) is 4.50. The topological polar surface area (TPSA) is 63.8 Å². The quantitative estimate of drug-likeness (QED) is 0.485. The van der Waals surface area contributed by atoms with Crippen molar-refractivity contribution in [1.82, 2.24) is 9.97 Å². The SMILES string of the molecule is NNc1cc(Sc2ccc(F)cc2)ncn1. The normalized spacial score (nSPS) is 10.1. The number of halogens is 1. The van der Waals surface area contributed by atoms with Crippen LogP contribution in [0.4, 0.5) is 10.2 Å². The van der Waals surface area contributed by atoms with E-state index in [0.717, 1.165) is 9.92 Å². The summed E-state index contributed by atoms with van der Waals surface area (Å²) in [5, 5.41) is 0.745. The molecule has 0 bridgehead atoms. The lowest BCUT2D eigenvalue weighted by Crippen LogP contribution is -2.08. The summed E-state index contributed by atoms with van der Waals surface area (Å²) in [5.41, 5.74) is 2.44. The maximum atomic E-state index is 12.7. The standard InChI is InChI=1S/C10H9FN4S/c11-7-1-3-8(4-2-7)16-10-5-9(15-12)13-6-14-10/h1-6H,12H2,(H,13,14,15). The van der Waals surface area contributed by atoms with Crippen molar-refractivity contribution in [3.8, 4) is 0 Å². The van der Waals surface area contributed by atoms with Gasteiger partial charge < -0.3 is 5.43 Å². The van der Waals surface area contributed by atoms with E-state index in [1.54, 1.807) is 18.2 Å². The highest BCUT2D eigenvalue weighted by molar-refractivity contribution is 7.99. The van der Waals surface area contributed by atoms with Crippen LogP contribution in [0.5, 0.6) is 0 Å². The first kappa shape index (κ1) is 10.8. The largest absolute Gasteiger partial charge is 0.308 e. The average molecular weight is 236 g/mol. The highest BCUT2D eigenvalue weighted by Crippen LogP contribution is 2.26. The molecule has 82 valence electrons. The summed E-state index contributed by atoms with van der Waals surface area (Å²) in [7, 11) is 0. The predicted octanol–water partition coefficient (Wildman–Crippen LogP) is 2.05. The monoisotopic (exact) mass is 236 g/mol. The fraction of sp³-hybridized carbons (Fsp3) is 0. The number of aromatic nitrogens is 2. The number of hydrogen-bond donors (Lipinski definition) is 2. The first-order valence-corrected chi connectivity index (χ1v) is 5.31. The molecule has 6 heteroatoms. The molecule has 0 spiro atoms. The molecule has 0 amide bonds. The molecule has 0 aliphatic rings. The van der Waals surface area contributed by atoms with Gasteiger partial charge in [0.1, 0.15) is 23.0 Å². The lowest BCUT2D eigenvalue weighted by Gasteiger charge is -2.02. The second kappa shape index (κ2) is 4.91. The molecule has 16 heavy (non-hydrogen) atoms. The zero-order valence-electron chi connectivity index (χ0n) is 8.22. The van der Waals surface area contributed by atoms with E-state index in [0.29, 0.717) is 5.82 Å². The smallest absolute Gasteiger partial charge is 0.144 e. The molecule has 0 radical (unpaired) electrons. The van der Waals surface area contributed by atoms with Crippen molar-refractivity contribution in [2.45, 2.75) is 9.92 Å². The third kappa shape index (κ3) is 2.68. The van der Waals surface area contributed by atoms with E-state index in [1.807, 2.05) is 0 Å². The summed E-state index contributed by atoms with van der Waals surface area (Å²) in [6, 6.07) is 7.92. The molecule has 0 saturated carbocycles. The van der Waals surface area contributed by atoms with Crippen LogP contribution in [-0.2, 0) is 0 Å². The number of benzene rings is 1. The maximum absolute atomic E-state index is 12.7. The first-order chi connectivity index (χ1) is 7.78. The molecule has 2 rings (SSSR count). The fourth-order valence-electron chi connectivity index (χ4n) is 1.10. The number of anilines is 1. The summed E-state index contributed by atoms with van der Waals surface area (Å²) in [6.07, 6.45) is 1.42. The Balaban J connectivity index is 2.16. The Kier molecular flexibility index (Phi) is 3.33. The van der Waals surface area contributed by atoms with Crippen LogP contribution in [0.1, 0.15) is 0 Å². The summed E-state index contributed by atoms with van der Waals surface area (Å²) < 4.78 is 12.7. The van der Waals surface area contributed by atoms with E-state index in [4.69, 9.17) is 5.84 Å². The molecule has 1 aromatic heterocycles. The van der Waals surface area contributed by atoms with Crippen molar-refractivity contribution in [2.24, 2.45) is 5.84 Å². The van der Waals surface area contributed by atoms with Crippen LogP contribution in [0.15, 0.2) is 46.6 Å². The van der Waals surface area contributed by atoms with Gasteiger partial charge in [-0.3, -0.25) is 0 Å². The molecular weight excluding hydrogens is 227 g/mol. The number of rotatable bonds is 3. The molecule has 1 heterocycles. The van der Waals surface area contributed by atoms with Gasteiger partial charge in [-0.05, 0) is 24.3 Å². The van der Waals surface area contributed by atoms with Gasteiger partial charge in [0.25, 0.3) is 0 Å². The van der Waals surface area contributed by atoms with Gasteiger partial charge in [-0.2, -0.15) is 0 Å². The maximum Gasteiger partial charge on any atom is 0.144 e. The second-order valence-electron chi connectivity index (χ2n) is 2.94. The van der Waals surface area contributed by atoms with E-state index in [-0.39, 0.29) is 5.82 Å². The van der Waals surface area contributed by atoms with Crippen molar-refractivity contribution in [1.29, 1.82) is 0 Å². The molecular formula is C10H9FN4S. The van der Waals surface area contributed by atoms with Crippen molar-refractivity contribution >= 4 is 17.6 Å². The molecule has 0 atom stereocenters. The number of nitrogens with zero attached hydrogens (tertiary/aromatic N) is 2. The van der Waals surface area contributed by atoms with Crippen LogP contribution in [0.3, 0.4) is 0 Å². The van der Waals surface area contributed by atoms with Crippen LogP contribution in [0.2, 0.25) is 0 Å². The third-order valence-electron chi connectivity index (χ3n) is 1.83. The molecule has 4 nitrogen and oxygen atoms in total. The van der Waals surface area contributed by atoms with Gasteiger partial charge in [0, 0.05) is 11.0 Å². The molecule has 0 aliphatic carbocycles. The molecule has 1 aromatic carbocycles. The second-order valence-corrected chi connectivity index (χ2v) is 4.04. The summed E-state index contributed by atoms with van der Waals surface area (Å²) in [4.78, 5) is 8.87. The average Bonchev–Trinajstić information content (AvgIpc) is 2.32. The number of nitrogens with one attached hydrogen (secondary N) is 1. The predicted molar refractivity (Wildman–Crippen MR) is 60.4 cm³/mol. The van der Waals surface area contributed by atoms with Crippen molar-refractivity contribution in [3.63, 3.8) is 0 Å². The van der Waals surface area contributed by atoms with E-state index in [9.17, 15) is 4.39 Å². The van der Waals surface area contributed by atoms with Crippen LogP contribution in [0.25, 0.3) is 0 Å². The lowest BCUT2D eigenvalue weighted by atomic mass is 10.4. The Morgan fingerprint density at radius 1 is 1.19 bits per heavy atom. The minimum atomic E-state index is -0.253. The molecule has 2 aromatic rings. The van der Waals surface area contributed by atoms with Crippen molar-refractivity contribution in [2.75, 3.05) is 5.43 Å². The van der Waals surface area contributed by atoms with Crippen LogP contribution >= 0.6 is 11.8 Å².